The van der Waals surface area contributed by atoms with Crippen molar-refractivity contribution in [2.45, 2.75) is 0 Å². The number of hydrogen-bond donors (Lipinski definition) is 0. The van der Waals surface area contributed by atoms with Gasteiger partial charge in [-0.25, -0.2) is 0 Å². The Kier molecular flexibility index (Phi) is 4.94. The molecule has 3 aromatic carbocycles. The lowest BCUT2D eigenvalue weighted by Gasteiger charge is -2.35. The van der Waals surface area contributed by atoms with E-state index in [1.54, 1.807) is 0 Å². The van der Waals surface area contributed by atoms with Gasteiger partial charge in [-0.15, -0.1) is 0 Å². The minimum absolute atomic E-state index is 0.00793. The smallest absolute Gasteiger partial charge is 0.254 e. The van der Waals surface area contributed by atoms with Crippen LogP contribution in [0.1, 0.15) is 20.7 Å². The van der Waals surface area contributed by atoms with Crippen LogP contribution in [0.5, 0.6) is 0 Å². The number of carbonyl (C=O) groups excluding carboxylic acids is 2. The summed E-state index contributed by atoms with van der Waals surface area (Å²) in [7, 11) is 0. The Balaban J connectivity index is 1.47. The minimum atomic E-state index is 0.00793. The number of benzene rings is 3. The molecule has 0 spiro atoms. The molecule has 0 aliphatic carbocycles. The lowest BCUT2D eigenvalue weighted by atomic mass is 10.0. The number of nitrogens with zero attached hydrogens (tertiary/aromatic N) is 2. The van der Waals surface area contributed by atoms with E-state index in [1.807, 2.05) is 76.5 Å². The first kappa shape index (κ1) is 17.7. The molecule has 1 saturated heterocycles. The number of fused-ring (bicyclic) bond motifs is 1. The number of piperazine rings is 1. The summed E-state index contributed by atoms with van der Waals surface area (Å²) in [5.74, 6) is 0.0370. The highest BCUT2D eigenvalue weighted by molar-refractivity contribution is 9.10. The molecule has 1 heterocycles. The standard InChI is InChI=1S/C22H19BrN2O2/c23-18-8-3-7-17(15-18)21(26)24-11-13-25(14-12-24)22(27)20-10-4-6-16-5-1-2-9-19(16)20/h1-10,15H,11-14H2. The molecule has 1 aliphatic rings. The van der Waals surface area contributed by atoms with Gasteiger partial charge in [-0.05, 0) is 35.0 Å². The summed E-state index contributed by atoms with van der Waals surface area (Å²) in [6.45, 7) is 2.17. The lowest BCUT2D eigenvalue weighted by molar-refractivity contribution is 0.0536. The highest BCUT2D eigenvalue weighted by Gasteiger charge is 2.26. The van der Waals surface area contributed by atoms with Crippen LogP contribution in [0.3, 0.4) is 0 Å². The molecule has 3 aromatic rings. The monoisotopic (exact) mass is 422 g/mol. The van der Waals surface area contributed by atoms with Crippen LogP contribution in [0.4, 0.5) is 0 Å². The molecule has 0 radical (unpaired) electrons. The van der Waals surface area contributed by atoms with Gasteiger partial charge in [-0.3, -0.25) is 9.59 Å². The van der Waals surface area contributed by atoms with Gasteiger partial charge in [0.15, 0.2) is 0 Å². The second-order valence-electron chi connectivity index (χ2n) is 6.62. The number of carbonyl (C=O) groups is 2. The third-order valence-electron chi connectivity index (χ3n) is 4.95. The van der Waals surface area contributed by atoms with Gasteiger partial charge in [0.2, 0.25) is 0 Å². The predicted molar refractivity (Wildman–Crippen MR) is 110 cm³/mol. The average Bonchev–Trinajstić information content (AvgIpc) is 2.72. The average molecular weight is 423 g/mol. The first-order chi connectivity index (χ1) is 13.1. The maximum absolute atomic E-state index is 13.0. The molecule has 0 unspecified atom stereocenters. The zero-order valence-electron chi connectivity index (χ0n) is 14.8. The van der Waals surface area contributed by atoms with Crippen molar-refractivity contribution < 1.29 is 9.59 Å². The molecule has 0 atom stereocenters. The van der Waals surface area contributed by atoms with Gasteiger partial charge in [0.25, 0.3) is 11.8 Å². The van der Waals surface area contributed by atoms with Crippen LogP contribution in [-0.2, 0) is 0 Å². The number of amides is 2. The molecule has 2 amide bonds. The number of rotatable bonds is 2. The summed E-state index contributed by atoms with van der Waals surface area (Å²) in [4.78, 5) is 29.3. The van der Waals surface area contributed by atoms with Crippen molar-refractivity contribution in [3.63, 3.8) is 0 Å². The zero-order valence-corrected chi connectivity index (χ0v) is 16.4. The molecular weight excluding hydrogens is 404 g/mol. The normalized spacial score (nSPS) is 14.4. The Morgan fingerprint density at radius 2 is 1.37 bits per heavy atom. The zero-order chi connectivity index (χ0) is 18.8. The molecule has 4 nitrogen and oxygen atoms in total. The van der Waals surface area contributed by atoms with Crippen LogP contribution in [0.25, 0.3) is 10.8 Å². The van der Waals surface area contributed by atoms with Crippen molar-refractivity contribution in [3.05, 3.63) is 82.3 Å². The Labute approximate surface area is 166 Å². The molecule has 0 N–H and O–H groups in total. The molecule has 0 saturated carbocycles. The Morgan fingerprint density at radius 1 is 0.741 bits per heavy atom. The predicted octanol–water partition coefficient (Wildman–Crippen LogP) is 4.20. The van der Waals surface area contributed by atoms with Crippen molar-refractivity contribution in [2.75, 3.05) is 26.2 Å². The van der Waals surface area contributed by atoms with E-state index in [2.05, 4.69) is 15.9 Å². The third-order valence-corrected chi connectivity index (χ3v) is 5.44. The molecule has 1 aliphatic heterocycles. The van der Waals surface area contributed by atoms with E-state index >= 15 is 0 Å². The van der Waals surface area contributed by atoms with Gasteiger partial charge in [0.1, 0.15) is 0 Å². The van der Waals surface area contributed by atoms with Gasteiger partial charge >= 0.3 is 0 Å². The number of halogens is 1. The Hall–Kier alpha value is -2.66. The van der Waals surface area contributed by atoms with Crippen molar-refractivity contribution in [1.82, 2.24) is 9.80 Å². The Bertz CT molecular complexity index is 1000. The number of hydrogen-bond acceptors (Lipinski definition) is 2. The van der Waals surface area contributed by atoms with E-state index in [0.717, 1.165) is 20.8 Å². The fourth-order valence-electron chi connectivity index (χ4n) is 3.50. The van der Waals surface area contributed by atoms with Crippen LogP contribution in [0.15, 0.2) is 71.2 Å². The molecule has 0 aromatic heterocycles. The molecule has 1 fully saturated rings. The summed E-state index contributed by atoms with van der Waals surface area (Å²) in [5, 5.41) is 2.03. The molecular formula is C22H19BrN2O2. The summed E-state index contributed by atoms with van der Waals surface area (Å²) < 4.78 is 0.887. The summed E-state index contributed by atoms with van der Waals surface area (Å²) in [6, 6.07) is 21.1. The van der Waals surface area contributed by atoms with Crippen LogP contribution in [0.2, 0.25) is 0 Å². The van der Waals surface area contributed by atoms with Crippen molar-refractivity contribution >= 4 is 38.5 Å². The molecule has 5 heteroatoms. The quantitative estimate of drug-likeness (QED) is 0.620. The van der Waals surface area contributed by atoms with E-state index in [9.17, 15) is 9.59 Å². The van der Waals surface area contributed by atoms with Crippen LogP contribution in [-0.4, -0.2) is 47.8 Å². The van der Waals surface area contributed by atoms with Crippen LogP contribution in [0, 0.1) is 0 Å². The molecule has 27 heavy (non-hydrogen) atoms. The molecule has 0 bridgehead atoms. The highest BCUT2D eigenvalue weighted by atomic mass is 79.9. The fraction of sp³-hybridized carbons (Fsp3) is 0.182. The second kappa shape index (κ2) is 7.53. The maximum atomic E-state index is 13.0. The van der Waals surface area contributed by atoms with E-state index in [0.29, 0.717) is 31.7 Å². The highest BCUT2D eigenvalue weighted by Crippen LogP contribution is 2.21. The van der Waals surface area contributed by atoms with Gasteiger partial charge in [0, 0.05) is 41.8 Å². The molecule has 4 rings (SSSR count). The maximum Gasteiger partial charge on any atom is 0.254 e. The topological polar surface area (TPSA) is 40.6 Å². The second-order valence-corrected chi connectivity index (χ2v) is 7.54. The van der Waals surface area contributed by atoms with Crippen molar-refractivity contribution in [2.24, 2.45) is 0 Å². The SMILES string of the molecule is O=C(c1cccc(Br)c1)N1CCN(C(=O)c2cccc3ccccc23)CC1. The van der Waals surface area contributed by atoms with E-state index in [-0.39, 0.29) is 11.8 Å². The first-order valence-corrected chi connectivity index (χ1v) is 9.75. The minimum Gasteiger partial charge on any atom is -0.335 e. The summed E-state index contributed by atoms with van der Waals surface area (Å²) in [5.41, 5.74) is 1.39. The van der Waals surface area contributed by atoms with Gasteiger partial charge in [0.05, 0.1) is 0 Å². The van der Waals surface area contributed by atoms with Crippen molar-refractivity contribution in [1.29, 1.82) is 0 Å². The summed E-state index contributed by atoms with van der Waals surface area (Å²) in [6.07, 6.45) is 0. The Morgan fingerprint density at radius 3 is 2.11 bits per heavy atom. The van der Waals surface area contributed by atoms with E-state index in [1.165, 1.54) is 0 Å². The van der Waals surface area contributed by atoms with E-state index in [4.69, 9.17) is 0 Å². The third kappa shape index (κ3) is 3.60. The van der Waals surface area contributed by atoms with Gasteiger partial charge in [-0.1, -0.05) is 58.4 Å². The fourth-order valence-corrected chi connectivity index (χ4v) is 3.90. The largest absolute Gasteiger partial charge is 0.335 e. The summed E-state index contributed by atoms with van der Waals surface area (Å²) >= 11 is 3.41. The lowest BCUT2D eigenvalue weighted by Crippen LogP contribution is -2.50. The molecule has 136 valence electrons. The van der Waals surface area contributed by atoms with Crippen molar-refractivity contribution in [3.8, 4) is 0 Å². The van der Waals surface area contributed by atoms with Gasteiger partial charge < -0.3 is 9.80 Å². The van der Waals surface area contributed by atoms with Crippen LogP contribution < -0.4 is 0 Å². The van der Waals surface area contributed by atoms with E-state index < -0.39 is 0 Å². The van der Waals surface area contributed by atoms with Gasteiger partial charge in [-0.2, -0.15) is 0 Å². The van der Waals surface area contributed by atoms with Crippen LogP contribution >= 0.6 is 15.9 Å². The first-order valence-electron chi connectivity index (χ1n) is 8.95.